The third kappa shape index (κ3) is 4.25. The summed E-state index contributed by atoms with van der Waals surface area (Å²) < 4.78 is 10.8. The van der Waals surface area contributed by atoms with Crippen molar-refractivity contribution in [3.63, 3.8) is 0 Å². The maximum atomic E-state index is 12.2. The monoisotopic (exact) mass is 409 g/mol. The molecule has 0 saturated carbocycles. The van der Waals surface area contributed by atoms with Gasteiger partial charge < -0.3 is 19.4 Å². The third-order valence-corrected chi connectivity index (χ3v) is 6.02. The minimum absolute atomic E-state index is 0.219. The number of hydrogen-bond acceptors (Lipinski definition) is 6. The standard InChI is InChI=1S/C21H19N3O4S/c22-13-17-16-7-5-15(28-21(26)24-9-1-2-10-24)12-18(16)29-20(17)23-19(25)8-6-14-4-3-11-27-14/h1-4,6,8,11,15H,5,7,9-10,12H2,(H,23,25)/b8-6+. The van der Waals surface area contributed by atoms with Crippen molar-refractivity contribution in [1.82, 2.24) is 4.90 Å². The molecule has 8 heteroatoms. The first kappa shape index (κ1) is 19.0. The average molecular weight is 409 g/mol. The predicted molar refractivity (Wildman–Crippen MR) is 108 cm³/mol. The lowest BCUT2D eigenvalue weighted by Crippen LogP contribution is -2.34. The number of ether oxygens (including phenoxy) is 1. The normalized spacial score (nSPS) is 17.9. The zero-order valence-electron chi connectivity index (χ0n) is 15.6. The second-order valence-electron chi connectivity index (χ2n) is 6.78. The fraction of sp³-hybridized carbons (Fsp3) is 0.286. The second-order valence-corrected chi connectivity index (χ2v) is 7.89. The van der Waals surface area contributed by atoms with Gasteiger partial charge in [0.05, 0.1) is 11.8 Å². The van der Waals surface area contributed by atoms with Crippen LogP contribution in [0.15, 0.2) is 41.0 Å². The molecule has 0 spiro atoms. The van der Waals surface area contributed by atoms with Crippen LogP contribution in [-0.2, 0) is 22.4 Å². The molecule has 2 aromatic rings. The average Bonchev–Trinajstić information content (AvgIpc) is 3.46. The molecule has 2 aliphatic rings. The molecule has 0 saturated heterocycles. The van der Waals surface area contributed by atoms with E-state index in [1.807, 2.05) is 12.2 Å². The van der Waals surface area contributed by atoms with Crippen LogP contribution in [-0.4, -0.2) is 36.1 Å². The molecule has 2 amide bonds. The lowest BCUT2D eigenvalue weighted by Gasteiger charge is -2.25. The summed E-state index contributed by atoms with van der Waals surface area (Å²) in [6, 6.07) is 5.69. The van der Waals surface area contributed by atoms with Crippen molar-refractivity contribution in [2.24, 2.45) is 0 Å². The Morgan fingerprint density at radius 1 is 1.38 bits per heavy atom. The van der Waals surface area contributed by atoms with E-state index in [2.05, 4.69) is 11.4 Å². The maximum absolute atomic E-state index is 12.2. The van der Waals surface area contributed by atoms with E-state index in [0.717, 1.165) is 10.4 Å². The SMILES string of the molecule is N#Cc1c(NC(=O)/C=C/c2ccco2)sc2c1CCC(OC(=O)N1CC=CC1)C2. The van der Waals surface area contributed by atoms with Crippen molar-refractivity contribution >= 4 is 34.4 Å². The Morgan fingerprint density at radius 2 is 2.21 bits per heavy atom. The van der Waals surface area contributed by atoms with Crippen LogP contribution in [0.2, 0.25) is 0 Å². The fourth-order valence-corrected chi connectivity index (χ4v) is 4.67. The van der Waals surface area contributed by atoms with Crippen LogP contribution in [0.1, 0.15) is 28.2 Å². The zero-order valence-corrected chi connectivity index (χ0v) is 16.4. The Labute approximate surface area is 171 Å². The van der Waals surface area contributed by atoms with Gasteiger partial charge in [0.15, 0.2) is 0 Å². The summed E-state index contributed by atoms with van der Waals surface area (Å²) in [4.78, 5) is 27.1. The van der Waals surface area contributed by atoms with Gasteiger partial charge in [0.2, 0.25) is 5.91 Å². The van der Waals surface area contributed by atoms with Crippen molar-refractivity contribution in [3.05, 3.63) is 58.4 Å². The van der Waals surface area contributed by atoms with E-state index < -0.39 is 0 Å². The minimum Gasteiger partial charge on any atom is -0.465 e. The van der Waals surface area contributed by atoms with Crippen LogP contribution in [0.4, 0.5) is 9.80 Å². The van der Waals surface area contributed by atoms with Crippen LogP contribution in [0.25, 0.3) is 6.08 Å². The number of rotatable bonds is 4. The van der Waals surface area contributed by atoms with Crippen molar-refractivity contribution in [2.45, 2.75) is 25.4 Å². The minimum atomic E-state index is -0.332. The van der Waals surface area contributed by atoms with Gasteiger partial charge in [-0.25, -0.2) is 4.79 Å². The third-order valence-electron chi connectivity index (χ3n) is 4.85. The van der Waals surface area contributed by atoms with E-state index in [1.165, 1.54) is 23.7 Å². The molecular formula is C21H19N3O4S. The first-order valence-corrected chi connectivity index (χ1v) is 10.1. The van der Waals surface area contributed by atoms with E-state index in [4.69, 9.17) is 9.15 Å². The first-order chi connectivity index (χ1) is 14.1. The summed E-state index contributed by atoms with van der Waals surface area (Å²) in [5.74, 6) is 0.241. The number of nitriles is 1. The van der Waals surface area contributed by atoms with Crippen molar-refractivity contribution in [1.29, 1.82) is 5.26 Å². The number of thiophene rings is 1. The van der Waals surface area contributed by atoms with Gasteiger partial charge >= 0.3 is 6.09 Å². The highest BCUT2D eigenvalue weighted by atomic mass is 32.1. The molecule has 4 rings (SSSR count). The molecule has 148 valence electrons. The number of fused-ring (bicyclic) bond motifs is 1. The number of nitrogens with one attached hydrogen (secondary N) is 1. The molecule has 0 fully saturated rings. The number of hydrogen-bond donors (Lipinski definition) is 1. The zero-order chi connectivity index (χ0) is 20.2. The Kier molecular flexibility index (Phi) is 5.49. The van der Waals surface area contributed by atoms with Crippen LogP contribution in [0.5, 0.6) is 0 Å². The lowest BCUT2D eigenvalue weighted by atomic mass is 9.94. The Hall–Kier alpha value is -3.31. The number of nitrogens with zero attached hydrogens (tertiary/aromatic N) is 2. The van der Waals surface area contributed by atoms with Gasteiger partial charge in [-0.3, -0.25) is 4.79 Å². The summed E-state index contributed by atoms with van der Waals surface area (Å²) in [6.07, 6.45) is 9.68. The first-order valence-electron chi connectivity index (χ1n) is 9.32. The molecule has 1 aliphatic carbocycles. The number of anilines is 1. The van der Waals surface area contributed by atoms with Crippen molar-refractivity contribution in [3.8, 4) is 6.07 Å². The van der Waals surface area contributed by atoms with E-state index in [-0.39, 0.29) is 18.1 Å². The highest BCUT2D eigenvalue weighted by molar-refractivity contribution is 7.16. The summed E-state index contributed by atoms with van der Waals surface area (Å²) in [5, 5.41) is 12.9. The van der Waals surface area contributed by atoms with Gasteiger partial charge in [0, 0.05) is 30.5 Å². The van der Waals surface area contributed by atoms with Gasteiger partial charge in [0.1, 0.15) is 22.9 Å². The quantitative estimate of drug-likeness (QED) is 0.613. The number of furan rings is 1. The Bertz CT molecular complexity index is 1010. The van der Waals surface area contributed by atoms with Crippen molar-refractivity contribution in [2.75, 3.05) is 18.4 Å². The van der Waals surface area contributed by atoms with Gasteiger partial charge in [0.25, 0.3) is 0 Å². The summed E-state index contributed by atoms with van der Waals surface area (Å²) in [7, 11) is 0. The summed E-state index contributed by atoms with van der Waals surface area (Å²) in [6.45, 7) is 1.16. The number of amides is 2. The highest BCUT2D eigenvalue weighted by Crippen LogP contribution is 2.38. The van der Waals surface area contributed by atoms with Crippen LogP contribution in [0.3, 0.4) is 0 Å². The van der Waals surface area contributed by atoms with Gasteiger partial charge in [-0.15, -0.1) is 11.3 Å². The fourth-order valence-electron chi connectivity index (χ4n) is 3.40. The molecule has 2 aromatic heterocycles. The molecule has 0 radical (unpaired) electrons. The van der Waals surface area contributed by atoms with Crippen LogP contribution in [0, 0.1) is 11.3 Å². The number of carbonyl (C=O) groups excluding carboxylic acids is 2. The smallest absolute Gasteiger partial charge is 0.410 e. The molecule has 29 heavy (non-hydrogen) atoms. The topological polar surface area (TPSA) is 95.6 Å². The molecule has 1 atom stereocenters. The number of carbonyl (C=O) groups is 2. The largest absolute Gasteiger partial charge is 0.465 e. The Balaban J connectivity index is 1.42. The predicted octanol–water partition coefficient (Wildman–Crippen LogP) is 3.73. The van der Waals surface area contributed by atoms with E-state index in [1.54, 1.807) is 23.1 Å². The van der Waals surface area contributed by atoms with E-state index in [0.29, 0.717) is 48.7 Å². The molecule has 0 aromatic carbocycles. The molecule has 0 bridgehead atoms. The van der Waals surface area contributed by atoms with E-state index >= 15 is 0 Å². The van der Waals surface area contributed by atoms with Gasteiger partial charge in [-0.1, -0.05) is 12.2 Å². The highest BCUT2D eigenvalue weighted by Gasteiger charge is 2.29. The van der Waals surface area contributed by atoms with Crippen LogP contribution >= 0.6 is 11.3 Å². The maximum Gasteiger partial charge on any atom is 0.410 e. The molecule has 7 nitrogen and oxygen atoms in total. The van der Waals surface area contributed by atoms with Gasteiger partial charge in [-0.2, -0.15) is 5.26 Å². The summed E-state index contributed by atoms with van der Waals surface area (Å²) >= 11 is 1.37. The lowest BCUT2D eigenvalue weighted by molar-refractivity contribution is -0.111. The van der Waals surface area contributed by atoms with Gasteiger partial charge in [-0.05, 0) is 36.6 Å². The molecule has 1 N–H and O–H groups in total. The van der Waals surface area contributed by atoms with E-state index in [9.17, 15) is 14.9 Å². The molecule has 3 heterocycles. The Morgan fingerprint density at radius 3 is 2.93 bits per heavy atom. The van der Waals surface area contributed by atoms with Crippen LogP contribution < -0.4 is 5.32 Å². The molecular weight excluding hydrogens is 390 g/mol. The van der Waals surface area contributed by atoms with Crippen molar-refractivity contribution < 1.29 is 18.7 Å². The second kappa shape index (κ2) is 8.37. The molecule has 1 unspecified atom stereocenters. The molecule has 1 aliphatic heterocycles. The summed E-state index contributed by atoms with van der Waals surface area (Å²) in [5.41, 5.74) is 1.44.